The molecule has 0 spiro atoms. The van der Waals surface area contributed by atoms with E-state index < -0.39 is 0 Å². The predicted octanol–water partition coefficient (Wildman–Crippen LogP) is 3.53. The average Bonchev–Trinajstić information content (AvgIpc) is 2.16. The molecule has 1 unspecified atom stereocenters. The topological polar surface area (TPSA) is 9.23 Å². The van der Waals surface area contributed by atoms with Crippen LogP contribution in [0.15, 0.2) is 22.7 Å². The smallest absolute Gasteiger partial charge is 0.166 e. The Morgan fingerprint density at radius 2 is 2.29 bits per heavy atom. The Morgan fingerprint density at radius 1 is 1.57 bits per heavy atom. The molecule has 0 radical (unpaired) electrons. The Bertz CT molecular complexity index is 306. The van der Waals surface area contributed by atoms with E-state index in [1.807, 2.05) is 6.92 Å². The third kappa shape index (κ3) is 3.50. The Morgan fingerprint density at radius 3 is 2.86 bits per heavy atom. The van der Waals surface area contributed by atoms with Crippen molar-refractivity contribution in [2.75, 3.05) is 12.4 Å². The van der Waals surface area contributed by atoms with Crippen LogP contribution in [0.1, 0.15) is 6.92 Å². The molecule has 4 heteroatoms. The monoisotopic (exact) mass is 278 g/mol. The van der Waals surface area contributed by atoms with E-state index in [1.165, 1.54) is 6.07 Å². The van der Waals surface area contributed by atoms with Gasteiger partial charge in [0.05, 0.1) is 6.61 Å². The Labute approximate surface area is 97.2 Å². The summed E-state index contributed by atoms with van der Waals surface area (Å²) in [6, 6.07) is 4.76. The molecule has 1 aromatic carbocycles. The fraction of sp³-hybridized carbons (Fsp3) is 0.400. The molecule has 0 aliphatic heterocycles. The SMILES string of the molecule is CC(CS)COc1ccc(Br)cc1F. The Kier molecular flexibility index (Phi) is 4.75. The molecule has 0 aromatic heterocycles. The quantitative estimate of drug-likeness (QED) is 0.829. The van der Waals surface area contributed by atoms with Crippen molar-refractivity contribution < 1.29 is 9.13 Å². The minimum atomic E-state index is -0.342. The van der Waals surface area contributed by atoms with Gasteiger partial charge >= 0.3 is 0 Å². The summed E-state index contributed by atoms with van der Waals surface area (Å²) in [6.45, 7) is 2.49. The van der Waals surface area contributed by atoms with Crippen LogP contribution in [-0.2, 0) is 0 Å². The van der Waals surface area contributed by atoms with Crippen LogP contribution < -0.4 is 4.74 Å². The van der Waals surface area contributed by atoms with Gasteiger partial charge in [0.25, 0.3) is 0 Å². The fourth-order valence-electron chi connectivity index (χ4n) is 0.877. The average molecular weight is 279 g/mol. The summed E-state index contributed by atoms with van der Waals surface area (Å²) in [5.74, 6) is 1.01. The van der Waals surface area contributed by atoms with E-state index in [-0.39, 0.29) is 5.82 Å². The van der Waals surface area contributed by atoms with Crippen LogP contribution in [0.3, 0.4) is 0 Å². The van der Waals surface area contributed by atoms with Crippen molar-refractivity contribution in [1.29, 1.82) is 0 Å². The normalized spacial score (nSPS) is 12.6. The van der Waals surface area contributed by atoms with Gasteiger partial charge in [-0.15, -0.1) is 0 Å². The van der Waals surface area contributed by atoms with Gasteiger partial charge < -0.3 is 4.74 Å². The largest absolute Gasteiger partial charge is 0.490 e. The first kappa shape index (κ1) is 11.9. The molecule has 0 saturated heterocycles. The van der Waals surface area contributed by atoms with E-state index in [2.05, 4.69) is 28.6 Å². The van der Waals surface area contributed by atoms with Gasteiger partial charge in [0.2, 0.25) is 0 Å². The highest BCUT2D eigenvalue weighted by Gasteiger charge is 2.05. The first-order chi connectivity index (χ1) is 6.63. The lowest BCUT2D eigenvalue weighted by Crippen LogP contribution is -2.10. The summed E-state index contributed by atoms with van der Waals surface area (Å²) in [4.78, 5) is 0. The maximum atomic E-state index is 13.2. The minimum absolute atomic E-state index is 0.293. The van der Waals surface area contributed by atoms with Crippen LogP contribution >= 0.6 is 28.6 Å². The number of benzene rings is 1. The number of hydrogen-bond acceptors (Lipinski definition) is 2. The molecule has 1 rings (SSSR count). The zero-order chi connectivity index (χ0) is 10.6. The maximum Gasteiger partial charge on any atom is 0.166 e. The third-order valence-electron chi connectivity index (χ3n) is 1.73. The lowest BCUT2D eigenvalue weighted by molar-refractivity contribution is 0.261. The van der Waals surface area contributed by atoms with E-state index in [9.17, 15) is 4.39 Å². The summed E-state index contributed by atoms with van der Waals surface area (Å²) in [7, 11) is 0. The van der Waals surface area contributed by atoms with Crippen LogP contribution in [0, 0.1) is 11.7 Å². The molecule has 1 aromatic rings. The second kappa shape index (κ2) is 5.61. The summed E-state index contributed by atoms with van der Waals surface area (Å²) in [5.41, 5.74) is 0. The highest BCUT2D eigenvalue weighted by Crippen LogP contribution is 2.21. The molecule has 0 N–H and O–H groups in total. The van der Waals surface area contributed by atoms with E-state index in [1.54, 1.807) is 12.1 Å². The first-order valence-corrected chi connectivity index (χ1v) is 5.74. The molecule has 0 heterocycles. The molecule has 1 atom stereocenters. The zero-order valence-electron chi connectivity index (χ0n) is 7.84. The van der Waals surface area contributed by atoms with Gasteiger partial charge in [-0.1, -0.05) is 22.9 Å². The molecule has 0 aliphatic rings. The lowest BCUT2D eigenvalue weighted by Gasteiger charge is -2.11. The highest BCUT2D eigenvalue weighted by atomic mass is 79.9. The van der Waals surface area contributed by atoms with Crippen molar-refractivity contribution in [3.63, 3.8) is 0 Å². The van der Waals surface area contributed by atoms with Crippen LogP contribution in [-0.4, -0.2) is 12.4 Å². The summed E-state index contributed by atoms with van der Waals surface area (Å²) in [6.07, 6.45) is 0. The molecule has 78 valence electrons. The van der Waals surface area contributed by atoms with Gasteiger partial charge in [0, 0.05) is 4.47 Å². The van der Waals surface area contributed by atoms with Gasteiger partial charge in [-0.3, -0.25) is 0 Å². The molecule has 14 heavy (non-hydrogen) atoms. The fourth-order valence-corrected chi connectivity index (χ4v) is 1.32. The third-order valence-corrected chi connectivity index (χ3v) is 2.85. The molecule has 1 nitrogen and oxygen atoms in total. The number of halogens is 2. The molecule has 0 amide bonds. The van der Waals surface area contributed by atoms with Gasteiger partial charge in [-0.05, 0) is 29.9 Å². The van der Waals surface area contributed by atoms with E-state index in [4.69, 9.17) is 4.74 Å². The lowest BCUT2D eigenvalue weighted by atomic mass is 10.2. The molecular formula is C10H12BrFOS. The van der Waals surface area contributed by atoms with Gasteiger partial charge in [-0.25, -0.2) is 4.39 Å². The van der Waals surface area contributed by atoms with E-state index >= 15 is 0 Å². The molecule has 0 fully saturated rings. The van der Waals surface area contributed by atoms with Crippen molar-refractivity contribution in [1.82, 2.24) is 0 Å². The maximum absolute atomic E-state index is 13.2. The Balaban J connectivity index is 2.59. The van der Waals surface area contributed by atoms with E-state index in [0.717, 1.165) is 5.75 Å². The summed E-state index contributed by atoms with van der Waals surface area (Å²) in [5, 5.41) is 0. The van der Waals surface area contributed by atoms with Gasteiger partial charge in [0.1, 0.15) is 0 Å². The molecular weight excluding hydrogens is 267 g/mol. The Hall–Kier alpha value is -0.220. The van der Waals surface area contributed by atoms with Crippen LogP contribution in [0.4, 0.5) is 4.39 Å². The molecule has 0 aliphatic carbocycles. The van der Waals surface area contributed by atoms with Crippen molar-refractivity contribution >= 4 is 28.6 Å². The number of rotatable bonds is 4. The second-order valence-corrected chi connectivity index (χ2v) is 4.45. The van der Waals surface area contributed by atoms with E-state index in [0.29, 0.717) is 22.7 Å². The van der Waals surface area contributed by atoms with Crippen molar-refractivity contribution in [3.05, 3.63) is 28.5 Å². The molecule has 0 bridgehead atoms. The van der Waals surface area contributed by atoms with Crippen molar-refractivity contribution in [2.45, 2.75) is 6.92 Å². The second-order valence-electron chi connectivity index (χ2n) is 3.17. The van der Waals surface area contributed by atoms with Crippen molar-refractivity contribution in [3.8, 4) is 5.75 Å². The predicted molar refractivity (Wildman–Crippen MR) is 62.6 cm³/mol. The number of thiol groups is 1. The van der Waals surface area contributed by atoms with Crippen LogP contribution in [0.2, 0.25) is 0 Å². The number of hydrogen-bond donors (Lipinski definition) is 1. The van der Waals surface area contributed by atoms with Gasteiger partial charge in [0.15, 0.2) is 11.6 Å². The summed E-state index contributed by atoms with van der Waals surface area (Å²) >= 11 is 7.31. The molecule has 0 saturated carbocycles. The van der Waals surface area contributed by atoms with Crippen LogP contribution in [0.5, 0.6) is 5.75 Å². The van der Waals surface area contributed by atoms with Gasteiger partial charge in [-0.2, -0.15) is 12.6 Å². The van der Waals surface area contributed by atoms with Crippen molar-refractivity contribution in [2.24, 2.45) is 5.92 Å². The first-order valence-electron chi connectivity index (χ1n) is 4.32. The number of ether oxygens (including phenoxy) is 1. The van der Waals surface area contributed by atoms with Crippen LogP contribution in [0.25, 0.3) is 0 Å². The standard InChI is InChI=1S/C10H12BrFOS/c1-7(6-14)5-13-10-3-2-8(11)4-9(10)12/h2-4,7,14H,5-6H2,1H3. The minimum Gasteiger partial charge on any atom is -0.490 e. The zero-order valence-corrected chi connectivity index (χ0v) is 10.3. The summed E-state index contributed by atoms with van der Waals surface area (Å²) < 4.78 is 19.2. The highest BCUT2D eigenvalue weighted by molar-refractivity contribution is 9.10.